The number of allylic oxidation sites excluding steroid dienone is 1. The molecule has 3 N–H and O–H groups in total. The van der Waals surface area contributed by atoms with E-state index in [0.29, 0.717) is 17.2 Å². The first-order valence-corrected chi connectivity index (χ1v) is 13.6. The molecule has 1 fully saturated rings. The molecule has 0 aromatic heterocycles. The van der Waals surface area contributed by atoms with Gasteiger partial charge in [0.1, 0.15) is 0 Å². The van der Waals surface area contributed by atoms with Gasteiger partial charge in [-0.1, -0.05) is 54.6 Å². The zero-order valence-electron chi connectivity index (χ0n) is 19.4. The maximum atomic E-state index is 13.2. The lowest BCUT2D eigenvalue weighted by molar-refractivity contribution is 0.235. The number of fused-ring (bicyclic) bond motifs is 1. The van der Waals surface area contributed by atoms with Gasteiger partial charge in [0.15, 0.2) is 9.84 Å². The van der Waals surface area contributed by atoms with Gasteiger partial charge in [0.25, 0.3) is 0 Å². The van der Waals surface area contributed by atoms with E-state index in [-0.39, 0.29) is 23.9 Å². The van der Waals surface area contributed by atoms with Crippen LogP contribution >= 0.6 is 0 Å². The highest BCUT2D eigenvalue weighted by Gasteiger charge is 2.35. The second-order valence-corrected chi connectivity index (χ2v) is 11.5. The summed E-state index contributed by atoms with van der Waals surface area (Å²) in [4.78, 5) is 13.1. The fourth-order valence-corrected chi connectivity index (χ4v) is 6.29. The number of urea groups is 1. The third-order valence-corrected chi connectivity index (χ3v) is 8.60. The normalized spacial score (nSPS) is 20.7. The number of hydrogen-bond donors (Lipinski definition) is 3. The van der Waals surface area contributed by atoms with Crippen LogP contribution in [0.3, 0.4) is 0 Å². The highest BCUT2D eigenvalue weighted by Crippen LogP contribution is 2.41. The Morgan fingerprint density at radius 2 is 1.85 bits per heavy atom. The first-order valence-electron chi connectivity index (χ1n) is 12.0. The van der Waals surface area contributed by atoms with Crippen molar-refractivity contribution in [3.05, 3.63) is 93.4 Å². The zero-order valence-corrected chi connectivity index (χ0v) is 20.2. The minimum Gasteiger partial charge on any atom is -0.332 e. The Kier molecular flexibility index (Phi) is 6.32. The summed E-state index contributed by atoms with van der Waals surface area (Å²) in [6, 6.07) is 15.2. The van der Waals surface area contributed by atoms with Crippen molar-refractivity contribution < 1.29 is 13.2 Å². The lowest BCUT2D eigenvalue weighted by Gasteiger charge is -2.26. The fourth-order valence-electron chi connectivity index (χ4n) is 4.83. The van der Waals surface area contributed by atoms with Crippen LogP contribution in [-0.4, -0.2) is 20.5 Å². The zero-order chi connectivity index (χ0) is 23.7. The maximum absolute atomic E-state index is 13.2. The topological polar surface area (TPSA) is 87.3 Å². The van der Waals surface area contributed by atoms with E-state index in [1.54, 1.807) is 6.08 Å². The summed E-state index contributed by atoms with van der Waals surface area (Å²) in [6.45, 7) is 3.58. The van der Waals surface area contributed by atoms with Crippen molar-refractivity contribution in [1.29, 1.82) is 0 Å². The second-order valence-electron chi connectivity index (χ2n) is 9.53. The molecule has 1 saturated carbocycles. The number of sulfone groups is 1. The van der Waals surface area contributed by atoms with Crippen LogP contribution in [0.25, 0.3) is 0 Å². The lowest BCUT2D eigenvalue weighted by atomic mass is 9.95. The molecular formula is C27H31N3O3S. The van der Waals surface area contributed by atoms with Gasteiger partial charge in [-0.3, -0.25) is 0 Å². The number of benzene rings is 2. The summed E-state index contributed by atoms with van der Waals surface area (Å²) in [5, 5.41) is 9.37. The Labute approximate surface area is 201 Å². The number of carbonyl (C=O) groups is 1. The Morgan fingerprint density at radius 3 is 2.62 bits per heavy atom. The molecule has 0 spiro atoms. The van der Waals surface area contributed by atoms with Crippen LogP contribution in [0, 0.1) is 5.92 Å². The Morgan fingerprint density at radius 1 is 1.09 bits per heavy atom. The minimum atomic E-state index is -3.46. The highest BCUT2D eigenvalue weighted by molar-refractivity contribution is 7.94. The number of nitrogens with one attached hydrogen (secondary N) is 3. The number of carbonyl (C=O) groups excluding carboxylic acids is 1. The van der Waals surface area contributed by atoms with E-state index in [1.165, 1.54) is 11.1 Å². The van der Waals surface area contributed by atoms with E-state index in [9.17, 15) is 13.2 Å². The van der Waals surface area contributed by atoms with Crippen LogP contribution in [0.5, 0.6) is 0 Å². The van der Waals surface area contributed by atoms with Gasteiger partial charge in [-0.25, -0.2) is 13.2 Å². The van der Waals surface area contributed by atoms with Crippen LogP contribution < -0.4 is 16.0 Å². The summed E-state index contributed by atoms with van der Waals surface area (Å²) < 4.78 is 26.5. The van der Waals surface area contributed by atoms with Gasteiger partial charge in [0.2, 0.25) is 0 Å². The molecular weight excluding hydrogens is 446 g/mol. The third kappa shape index (κ3) is 5.10. The average molecular weight is 478 g/mol. The van der Waals surface area contributed by atoms with Gasteiger partial charge in [-0.2, -0.15) is 0 Å². The van der Waals surface area contributed by atoms with Crippen LogP contribution in [0.1, 0.15) is 54.5 Å². The Hall–Kier alpha value is -2.90. The van der Waals surface area contributed by atoms with Crippen molar-refractivity contribution in [1.82, 2.24) is 16.0 Å². The molecule has 34 heavy (non-hydrogen) atoms. The monoisotopic (exact) mass is 477 g/mol. The van der Waals surface area contributed by atoms with Crippen LogP contribution in [-0.2, 0) is 28.7 Å². The largest absolute Gasteiger partial charge is 0.332 e. The standard InChI is InChI=1S/C27H31N3O3S/c1-18(20-5-3-2-4-6-20)29-27(31)30-26-12-11-24(14-25(26)21-9-10-21)34(32,33)17-19-7-8-22-15-28-16-23(22)13-19/h2-8,11,13-14,18,21,26,28H,9-10,12,15-17H2,1H3,(H2,29,30,31). The van der Waals surface area contributed by atoms with Crippen LogP contribution in [0.2, 0.25) is 0 Å². The molecule has 1 aliphatic heterocycles. The molecule has 2 aliphatic carbocycles. The molecule has 0 radical (unpaired) electrons. The summed E-state index contributed by atoms with van der Waals surface area (Å²) >= 11 is 0. The number of rotatable bonds is 7. The molecule has 178 valence electrons. The fraction of sp³-hybridized carbons (Fsp3) is 0.370. The highest BCUT2D eigenvalue weighted by atomic mass is 32.2. The van der Waals surface area contributed by atoms with Crippen molar-refractivity contribution >= 4 is 15.9 Å². The van der Waals surface area contributed by atoms with E-state index in [1.807, 2.05) is 61.5 Å². The van der Waals surface area contributed by atoms with Crippen molar-refractivity contribution in [3.8, 4) is 0 Å². The summed E-state index contributed by atoms with van der Waals surface area (Å²) in [6.07, 6.45) is 6.14. The quantitative estimate of drug-likeness (QED) is 0.556. The molecule has 2 unspecified atom stereocenters. The minimum absolute atomic E-state index is 0.00622. The van der Waals surface area contributed by atoms with E-state index in [4.69, 9.17) is 0 Å². The predicted octanol–water partition coefficient (Wildman–Crippen LogP) is 4.26. The van der Waals surface area contributed by atoms with Crippen LogP contribution in [0.15, 0.2) is 71.2 Å². The number of amides is 2. The van der Waals surface area contributed by atoms with Crippen molar-refractivity contribution in [3.63, 3.8) is 0 Å². The molecule has 5 rings (SSSR count). The van der Waals surface area contributed by atoms with E-state index in [0.717, 1.165) is 42.6 Å². The first-order chi connectivity index (χ1) is 16.4. The number of hydrogen-bond acceptors (Lipinski definition) is 4. The summed E-state index contributed by atoms with van der Waals surface area (Å²) in [7, 11) is -3.46. The molecule has 6 nitrogen and oxygen atoms in total. The van der Waals surface area contributed by atoms with Gasteiger partial charge in [0.05, 0.1) is 22.7 Å². The molecule has 2 atom stereocenters. The van der Waals surface area contributed by atoms with Crippen molar-refractivity contribution in [2.24, 2.45) is 5.92 Å². The smallest absolute Gasteiger partial charge is 0.315 e. The molecule has 2 aromatic carbocycles. The van der Waals surface area contributed by atoms with E-state index < -0.39 is 9.84 Å². The maximum Gasteiger partial charge on any atom is 0.315 e. The Balaban J connectivity index is 1.26. The molecule has 2 aromatic rings. The van der Waals surface area contributed by atoms with E-state index in [2.05, 4.69) is 16.0 Å². The van der Waals surface area contributed by atoms with Gasteiger partial charge in [0, 0.05) is 13.1 Å². The van der Waals surface area contributed by atoms with Gasteiger partial charge in [-0.05, 0) is 66.0 Å². The first kappa shape index (κ1) is 22.9. The average Bonchev–Trinajstić information content (AvgIpc) is 3.56. The predicted molar refractivity (Wildman–Crippen MR) is 133 cm³/mol. The van der Waals surface area contributed by atoms with Crippen LogP contribution in [0.4, 0.5) is 4.79 Å². The van der Waals surface area contributed by atoms with Crippen molar-refractivity contribution in [2.45, 2.75) is 57.1 Å². The molecule has 7 heteroatoms. The molecule has 2 amide bonds. The summed E-state index contributed by atoms with van der Waals surface area (Å²) in [5.74, 6) is 0.343. The van der Waals surface area contributed by atoms with Gasteiger partial charge in [-0.15, -0.1) is 0 Å². The van der Waals surface area contributed by atoms with Gasteiger partial charge < -0.3 is 16.0 Å². The lowest BCUT2D eigenvalue weighted by Crippen LogP contribution is -2.44. The molecule has 0 bridgehead atoms. The SMILES string of the molecule is CC(NC(=O)NC1CC=C(S(=O)(=O)Cc2ccc3c(c2)CNC3)C=C1C1CC1)c1ccccc1. The molecule has 0 saturated heterocycles. The molecule has 1 heterocycles. The van der Waals surface area contributed by atoms with Gasteiger partial charge >= 0.3 is 6.03 Å². The van der Waals surface area contributed by atoms with Crippen molar-refractivity contribution in [2.75, 3.05) is 0 Å². The third-order valence-electron chi connectivity index (χ3n) is 6.88. The van der Waals surface area contributed by atoms with E-state index >= 15 is 0 Å². The summed E-state index contributed by atoms with van der Waals surface area (Å²) in [5.41, 5.74) is 5.30. The Bertz CT molecular complexity index is 1250. The molecule has 3 aliphatic rings. The second kappa shape index (κ2) is 9.39.